The molecule has 0 radical (unpaired) electrons. The second kappa shape index (κ2) is 5.77. The van der Waals surface area contributed by atoms with E-state index in [1.807, 2.05) is 0 Å². The molecule has 116 valence electrons. The Morgan fingerprint density at radius 2 is 1.50 bits per heavy atom. The molecule has 0 saturated heterocycles. The molecule has 0 saturated carbocycles. The Kier molecular flexibility index (Phi) is 3.96. The molecule has 2 aromatic carbocycles. The fourth-order valence-corrected chi connectivity index (χ4v) is 3.08. The maximum Gasteiger partial charge on any atom is 0.103 e. The van der Waals surface area contributed by atoms with Gasteiger partial charge in [-0.15, -0.1) is 0 Å². The van der Waals surface area contributed by atoms with Crippen molar-refractivity contribution < 1.29 is 4.48 Å². The fourth-order valence-electron chi connectivity index (χ4n) is 3.08. The number of likely N-dealkylation sites (N-methyl/N-ethyl adjacent to an activating group) is 1. The summed E-state index contributed by atoms with van der Waals surface area (Å²) in [6, 6.07) is 18.3. The zero-order valence-corrected chi connectivity index (χ0v) is 14.2. The van der Waals surface area contributed by atoms with Crippen molar-refractivity contribution in [3.63, 3.8) is 0 Å². The average Bonchev–Trinajstić information content (AvgIpc) is 2.63. The third kappa shape index (κ3) is 3.02. The van der Waals surface area contributed by atoms with Crippen LogP contribution >= 0.6 is 0 Å². The monoisotopic (exact) mass is 295 g/mol. The number of nitrogens with zero attached hydrogens (tertiary/aromatic N) is 2. The molecule has 0 amide bonds. The lowest BCUT2D eigenvalue weighted by molar-refractivity contribution is -0.892. The number of fused-ring (bicyclic) bond motifs is 2. The minimum absolute atomic E-state index is 0.582. The van der Waals surface area contributed by atoms with Crippen LogP contribution < -0.4 is 4.90 Å². The Morgan fingerprint density at radius 1 is 0.909 bits per heavy atom. The molecule has 0 spiro atoms. The summed E-state index contributed by atoms with van der Waals surface area (Å²) in [4.78, 5) is 2.56. The van der Waals surface area contributed by atoms with Crippen molar-refractivity contribution in [1.82, 2.24) is 0 Å². The molecule has 2 nitrogen and oxygen atoms in total. The van der Waals surface area contributed by atoms with E-state index < -0.39 is 0 Å². The highest BCUT2D eigenvalue weighted by Gasteiger charge is 2.25. The maximum absolute atomic E-state index is 2.56. The van der Waals surface area contributed by atoms with Gasteiger partial charge in [-0.05, 0) is 36.1 Å². The second-order valence-electron chi connectivity index (χ2n) is 7.42. The molecule has 1 aliphatic rings. The van der Waals surface area contributed by atoms with Crippen LogP contribution in [0.5, 0.6) is 0 Å². The number of quaternary nitrogens is 1. The Balaban J connectivity index is 1.98. The number of para-hydroxylation sites is 1. The molecule has 0 N–H and O–H groups in total. The van der Waals surface area contributed by atoms with E-state index in [1.54, 1.807) is 0 Å². The molecular weight excluding hydrogens is 268 g/mol. The van der Waals surface area contributed by atoms with Crippen LogP contribution in [-0.2, 0) is 13.0 Å². The van der Waals surface area contributed by atoms with E-state index in [0.717, 1.165) is 24.0 Å². The van der Waals surface area contributed by atoms with Gasteiger partial charge in [0.2, 0.25) is 0 Å². The minimum Gasteiger partial charge on any atom is -0.361 e. The van der Waals surface area contributed by atoms with Crippen LogP contribution in [0.15, 0.2) is 48.5 Å². The Morgan fingerprint density at radius 3 is 2.18 bits per heavy atom. The number of rotatable bonds is 3. The van der Waals surface area contributed by atoms with Crippen molar-refractivity contribution in [2.45, 2.75) is 25.9 Å². The van der Waals surface area contributed by atoms with Crippen LogP contribution in [0.1, 0.15) is 23.6 Å². The molecule has 2 aromatic rings. The summed E-state index contributed by atoms with van der Waals surface area (Å²) in [6.45, 7) is 4.44. The molecule has 0 aromatic heterocycles. The maximum atomic E-state index is 2.56. The second-order valence-corrected chi connectivity index (χ2v) is 7.42. The van der Waals surface area contributed by atoms with Gasteiger partial charge in [-0.1, -0.05) is 42.5 Å². The van der Waals surface area contributed by atoms with E-state index >= 15 is 0 Å². The highest BCUT2D eigenvalue weighted by Crippen LogP contribution is 2.30. The van der Waals surface area contributed by atoms with Crippen LogP contribution in [0.4, 0.5) is 5.69 Å². The third-order valence-corrected chi connectivity index (χ3v) is 5.00. The number of benzene rings is 2. The van der Waals surface area contributed by atoms with Crippen molar-refractivity contribution in [2.75, 3.05) is 32.6 Å². The molecule has 0 aliphatic carbocycles. The molecule has 1 heterocycles. The van der Waals surface area contributed by atoms with Crippen molar-refractivity contribution in [3.8, 4) is 0 Å². The van der Waals surface area contributed by atoms with E-state index in [1.165, 1.54) is 22.4 Å². The van der Waals surface area contributed by atoms with Gasteiger partial charge in [0.15, 0.2) is 0 Å². The third-order valence-electron chi connectivity index (χ3n) is 5.00. The van der Waals surface area contributed by atoms with E-state index in [0.29, 0.717) is 6.04 Å². The molecule has 1 unspecified atom stereocenters. The van der Waals surface area contributed by atoms with Gasteiger partial charge in [-0.3, -0.25) is 0 Å². The summed E-state index contributed by atoms with van der Waals surface area (Å²) in [5, 5.41) is 0. The molecule has 0 bridgehead atoms. The molecule has 1 aliphatic heterocycles. The predicted molar refractivity (Wildman–Crippen MR) is 94.2 cm³/mol. The molecule has 3 rings (SSSR count). The lowest BCUT2D eigenvalue weighted by Gasteiger charge is -2.36. The summed E-state index contributed by atoms with van der Waals surface area (Å²) in [5.74, 6) is 0. The fraction of sp³-hybridized carbons (Fsp3) is 0.400. The first-order valence-electron chi connectivity index (χ1n) is 8.16. The molecule has 1 atom stereocenters. The van der Waals surface area contributed by atoms with Crippen LogP contribution in [0, 0.1) is 0 Å². The quantitative estimate of drug-likeness (QED) is 0.781. The summed E-state index contributed by atoms with van der Waals surface area (Å²) in [6.07, 6.45) is 1.04. The van der Waals surface area contributed by atoms with Crippen molar-refractivity contribution in [3.05, 3.63) is 65.2 Å². The summed E-state index contributed by atoms with van der Waals surface area (Å²) in [7, 11) is 6.84. The number of hydrogen-bond acceptors (Lipinski definition) is 1. The molecule has 22 heavy (non-hydrogen) atoms. The first-order chi connectivity index (χ1) is 10.4. The van der Waals surface area contributed by atoms with E-state index in [9.17, 15) is 0 Å². The Labute approximate surface area is 134 Å². The summed E-state index contributed by atoms with van der Waals surface area (Å²) >= 11 is 0. The Hall–Kier alpha value is -1.80. The molecule has 2 heteroatoms. The topological polar surface area (TPSA) is 3.24 Å². The standard InChI is InChI=1S/C20H27N2/c1-16(22(2,3)4)14-21-15-19-11-6-5-9-17(19)13-18-10-7-8-12-20(18)21/h5-12,16H,13-15H2,1-4H3/q+1. The summed E-state index contributed by atoms with van der Waals surface area (Å²) in [5.41, 5.74) is 5.78. The van der Waals surface area contributed by atoms with Gasteiger partial charge in [0, 0.05) is 12.2 Å². The molecule has 0 fully saturated rings. The normalized spacial score (nSPS) is 15.7. The van der Waals surface area contributed by atoms with Crippen molar-refractivity contribution in [1.29, 1.82) is 0 Å². The first-order valence-corrected chi connectivity index (χ1v) is 8.16. The lowest BCUT2D eigenvalue weighted by atomic mass is 10.0. The largest absolute Gasteiger partial charge is 0.361 e. The van der Waals surface area contributed by atoms with Gasteiger partial charge >= 0.3 is 0 Å². The van der Waals surface area contributed by atoms with Crippen molar-refractivity contribution in [2.24, 2.45) is 0 Å². The number of hydrogen-bond donors (Lipinski definition) is 0. The smallest absolute Gasteiger partial charge is 0.103 e. The van der Waals surface area contributed by atoms with Gasteiger partial charge < -0.3 is 9.38 Å². The van der Waals surface area contributed by atoms with Gasteiger partial charge in [0.25, 0.3) is 0 Å². The lowest BCUT2D eigenvalue weighted by Crippen LogP contribution is -2.49. The van der Waals surface area contributed by atoms with Crippen molar-refractivity contribution >= 4 is 5.69 Å². The van der Waals surface area contributed by atoms with Gasteiger partial charge in [0.1, 0.15) is 6.04 Å². The van der Waals surface area contributed by atoms with Crippen LogP contribution in [0.3, 0.4) is 0 Å². The Bertz CT molecular complexity index is 655. The highest BCUT2D eigenvalue weighted by atomic mass is 15.3. The highest BCUT2D eigenvalue weighted by molar-refractivity contribution is 5.58. The first kappa shape index (κ1) is 15.1. The van der Waals surface area contributed by atoms with Crippen LogP contribution in [-0.4, -0.2) is 38.2 Å². The average molecular weight is 295 g/mol. The zero-order valence-electron chi connectivity index (χ0n) is 14.2. The predicted octanol–water partition coefficient (Wildman–Crippen LogP) is 3.69. The van der Waals surface area contributed by atoms with Gasteiger partial charge in [0.05, 0.1) is 27.7 Å². The van der Waals surface area contributed by atoms with E-state index in [4.69, 9.17) is 0 Å². The van der Waals surface area contributed by atoms with Crippen LogP contribution in [0.2, 0.25) is 0 Å². The van der Waals surface area contributed by atoms with E-state index in [2.05, 4.69) is 81.5 Å². The number of anilines is 1. The van der Waals surface area contributed by atoms with Gasteiger partial charge in [-0.2, -0.15) is 0 Å². The van der Waals surface area contributed by atoms with E-state index in [-0.39, 0.29) is 0 Å². The van der Waals surface area contributed by atoms with Crippen LogP contribution in [0.25, 0.3) is 0 Å². The SMILES string of the molecule is CC(CN1Cc2ccccc2Cc2ccccc21)[N+](C)(C)C. The summed E-state index contributed by atoms with van der Waals surface area (Å²) < 4.78 is 0.986. The zero-order chi connectivity index (χ0) is 15.7. The van der Waals surface area contributed by atoms with Gasteiger partial charge in [-0.25, -0.2) is 0 Å². The minimum atomic E-state index is 0.582. The molecular formula is C20H27N2+.